The Morgan fingerprint density at radius 1 is 1.18 bits per heavy atom. The Labute approximate surface area is 164 Å². The number of aromatic nitrogens is 4. The summed E-state index contributed by atoms with van der Waals surface area (Å²) in [5.74, 6) is 2.95. The first-order chi connectivity index (χ1) is 13.7. The molecule has 0 spiro atoms. The SMILES string of the molecule is CCN(Cc1ccc2c(c1)OCO2)Cc1nnc2n(C)c(=O)c3sccc3n12. The van der Waals surface area contributed by atoms with Gasteiger partial charge in [-0.15, -0.1) is 21.5 Å². The van der Waals surface area contributed by atoms with Crippen molar-refractivity contribution < 1.29 is 9.47 Å². The van der Waals surface area contributed by atoms with Crippen LogP contribution in [0.1, 0.15) is 18.3 Å². The molecule has 0 unspecified atom stereocenters. The number of hydrogen-bond donors (Lipinski definition) is 0. The molecule has 4 aromatic rings. The number of nitrogens with zero attached hydrogens (tertiary/aromatic N) is 5. The van der Waals surface area contributed by atoms with Crippen molar-refractivity contribution in [3.63, 3.8) is 0 Å². The van der Waals surface area contributed by atoms with Crippen molar-refractivity contribution in [2.75, 3.05) is 13.3 Å². The van der Waals surface area contributed by atoms with Crippen molar-refractivity contribution in [1.29, 1.82) is 0 Å². The molecule has 0 N–H and O–H groups in total. The number of aryl methyl sites for hydroxylation is 1. The zero-order valence-corrected chi connectivity index (χ0v) is 16.4. The van der Waals surface area contributed by atoms with E-state index in [2.05, 4.69) is 28.1 Å². The summed E-state index contributed by atoms with van der Waals surface area (Å²) >= 11 is 1.44. The van der Waals surface area contributed by atoms with E-state index in [1.807, 2.05) is 28.0 Å². The molecular formula is C19H19N5O3S. The minimum Gasteiger partial charge on any atom is -0.454 e. The fraction of sp³-hybridized carbons (Fsp3) is 0.316. The van der Waals surface area contributed by atoms with Crippen molar-refractivity contribution >= 4 is 27.3 Å². The van der Waals surface area contributed by atoms with Gasteiger partial charge in [-0.3, -0.25) is 18.7 Å². The maximum Gasteiger partial charge on any atom is 0.272 e. The molecule has 28 heavy (non-hydrogen) atoms. The fourth-order valence-corrected chi connectivity index (χ4v) is 4.38. The summed E-state index contributed by atoms with van der Waals surface area (Å²) in [6, 6.07) is 7.98. The molecule has 0 radical (unpaired) electrons. The summed E-state index contributed by atoms with van der Waals surface area (Å²) in [6.07, 6.45) is 0. The Bertz CT molecular complexity index is 1240. The van der Waals surface area contributed by atoms with Crippen LogP contribution in [0, 0.1) is 0 Å². The van der Waals surface area contributed by atoms with E-state index in [1.165, 1.54) is 11.3 Å². The molecule has 1 aromatic carbocycles. The van der Waals surface area contributed by atoms with Gasteiger partial charge >= 0.3 is 0 Å². The van der Waals surface area contributed by atoms with Crippen LogP contribution in [0.2, 0.25) is 0 Å². The quantitative estimate of drug-likeness (QED) is 0.515. The molecule has 0 amide bonds. The van der Waals surface area contributed by atoms with Gasteiger partial charge in [-0.05, 0) is 35.7 Å². The van der Waals surface area contributed by atoms with E-state index in [4.69, 9.17) is 9.47 Å². The molecule has 144 valence electrons. The Kier molecular flexibility index (Phi) is 4.06. The van der Waals surface area contributed by atoms with E-state index in [0.717, 1.165) is 46.2 Å². The first-order valence-electron chi connectivity index (χ1n) is 9.06. The molecule has 1 aliphatic heterocycles. The lowest BCUT2D eigenvalue weighted by molar-refractivity contribution is 0.174. The topological polar surface area (TPSA) is 73.9 Å². The summed E-state index contributed by atoms with van der Waals surface area (Å²) in [5.41, 5.74) is 1.97. The molecule has 0 aliphatic carbocycles. The fourth-order valence-electron chi connectivity index (χ4n) is 3.53. The Morgan fingerprint density at radius 3 is 2.89 bits per heavy atom. The summed E-state index contributed by atoms with van der Waals surface area (Å²) in [4.78, 5) is 14.8. The van der Waals surface area contributed by atoms with Crippen LogP contribution in [-0.4, -0.2) is 37.4 Å². The molecule has 0 fully saturated rings. The smallest absolute Gasteiger partial charge is 0.272 e. The minimum atomic E-state index is -0.0378. The maximum atomic E-state index is 12.5. The van der Waals surface area contributed by atoms with Gasteiger partial charge in [0.05, 0.1) is 12.1 Å². The second kappa shape index (κ2) is 6.61. The highest BCUT2D eigenvalue weighted by atomic mass is 32.1. The third kappa shape index (κ3) is 2.66. The van der Waals surface area contributed by atoms with Gasteiger partial charge in [0.15, 0.2) is 17.3 Å². The van der Waals surface area contributed by atoms with E-state index in [1.54, 1.807) is 11.6 Å². The molecule has 0 saturated heterocycles. The number of ether oxygens (including phenoxy) is 2. The number of thiophene rings is 1. The highest BCUT2D eigenvalue weighted by Gasteiger charge is 2.18. The molecule has 0 bridgehead atoms. The van der Waals surface area contributed by atoms with Gasteiger partial charge in [0, 0.05) is 13.6 Å². The number of rotatable bonds is 5. The lowest BCUT2D eigenvalue weighted by Crippen LogP contribution is -2.24. The van der Waals surface area contributed by atoms with Crippen molar-refractivity contribution in [1.82, 2.24) is 24.1 Å². The summed E-state index contributed by atoms with van der Waals surface area (Å²) in [7, 11) is 1.74. The van der Waals surface area contributed by atoms with Gasteiger partial charge in [-0.25, -0.2) is 0 Å². The zero-order chi connectivity index (χ0) is 19.3. The molecule has 0 saturated carbocycles. The highest BCUT2D eigenvalue weighted by molar-refractivity contribution is 7.17. The first-order valence-corrected chi connectivity index (χ1v) is 9.94. The maximum absolute atomic E-state index is 12.5. The third-order valence-electron chi connectivity index (χ3n) is 5.05. The van der Waals surface area contributed by atoms with Crippen LogP contribution in [0.4, 0.5) is 0 Å². The molecular weight excluding hydrogens is 378 g/mol. The van der Waals surface area contributed by atoms with Gasteiger partial charge in [0.1, 0.15) is 4.70 Å². The predicted octanol–water partition coefficient (Wildman–Crippen LogP) is 2.39. The summed E-state index contributed by atoms with van der Waals surface area (Å²) in [5, 5.41) is 10.6. The highest BCUT2D eigenvalue weighted by Crippen LogP contribution is 2.33. The van der Waals surface area contributed by atoms with Gasteiger partial charge in [0.25, 0.3) is 5.56 Å². The lowest BCUT2D eigenvalue weighted by Gasteiger charge is -2.20. The number of benzene rings is 1. The zero-order valence-electron chi connectivity index (χ0n) is 15.6. The van der Waals surface area contributed by atoms with Crippen LogP contribution < -0.4 is 15.0 Å². The largest absolute Gasteiger partial charge is 0.454 e. The standard InChI is InChI=1S/C19H19N5O3S/c1-3-23(9-12-4-5-14-15(8-12)27-11-26-14)10-16-20-21-19-22(2)18(25)17-13(24(16)19)6-7-28-17/h4-8H,3,9-11H2,1-2H3. The Hall–Kier alpha value is -2.91. The van der Waals surface area contributed by atoms with Crippen LogP contribution in [0.5, 0.6) is 11.5 Å². The van der Waals surface area contributed by atoms with Gasteiger partial charge in [-0.2, -0.15) is 0 Å². The monoisotopic (exact) mass is 397 g/mol. The van der Waals surface area contributed by atoms with Crippen LogP contribution in [0.15, 0.2) is 34.4 Å². The van der Waals surface area contributed by atoms with Crippen molar-refractivity contribution in [2.45, 2.75) is 20.0 Å². The van der Waals surface area contributed by atoms with Crippen LogP contribution in [0.25, 0.3) is 16.0 Å². The molecule has 4 heterocycles. The van der Waals surface area contributed by atoms with Crippen molar-refractivity contribution in [3.05, 3.63) is 51.4 Å². The van der Waals surface area contributed by atoms with Gasteiger partial charge < -0.3 is 9.47 Å². The van der Waals surface area contributed by atoms with E-state index < -0.39 is 0 Å². The first kappa shape index (κ1) is 17.2. The van der Waals surface area contributed by atoms with Crippen LogP contribution in [-0.2, 0) is 20.1 Å². The normalized spacial score (nSPS) is 13.2. The molecule has 8 nitrogen and oxygen atoms in total. The summed E-state index contributed by atoms with van der Waals surface area (Å²) in [6.45, 7) is 4.61. The summed E-state index contributed by atoms with van der Waals surface area (Å²) < 4.78 is 15.1. The van der Waals surface area contributed by atoms with E-state index >= 15 is 0 Å². The Morgan fingerprint density at radius 2 is 2.04 bits per heavy atom. The molecule has 0 atom stereocenters. The van der Waals surface area contributed by atoms with Crippen LogP contribution >= 0.6 is 11.3 Å². The van der Waals surface area contributed by atoms with Crippen molar-refractivity contribution in [2.24, 2.45) is 7.05 Å². The molecule has 9 heteroatoms. The third-order valence-corrected chi connectivity index (χ3v) is 5.94. The van der Waals surface area contributed by atoms with Crippen LogP contribution in [0.3, 0.4) is 0 Å². The average molecular weight is 397 g/mol. The molecule has 3 aromatic heterocycles. The second-order valence-corrected chi connectivity index (χ2v) is 7.66. The predicted molar refractivity (Wildman–Crippen MR) is 106 cm³/mol. The molecule has 1 aliphatic rings. The molecule has 5 rings (SSSR count). The lowest BCUT2D eigenvalue weighted by atomic mass is 10.2. The minimum absolute atomic E-state index is 0.0378. The Balaban J connectivity index is 1.49. The number of hydrogen-bond acceptors (Lipinski definition) is 7. The number of fused-ring (bicyclic) bond motifs is 4. The van der Waals surface area contributed by atoms with Gasteiger partial charge in [0.2, 0.25) is 12.6 Å². The second-order valence-electron chi connectivity index (χ2n) is 6.74. The van der Waals surface area contributed by atoms with E-state index in [9.17, 15) is 4.79 Å². The van der Waals surface area contributed by atoms with E-state index in [-0.39, 0.29) is 12.4 Å². The van der Waals surface area contributed by atoms with Crippen molar-refractivity contribution in [3.8, 4) is 11.5 Å². The van der Waals surface area contributed by atoms with Gasteiger partial charge in [-0.1, -0.05) is 13.0 Å². The van der Waals surface area contributed by atoms with E-state index in [0.29, 0.717) is 12.3 Å². The average Bonchev–Trinajstić information content (AvgIpc) is 3.43.